The summed E-state index contributed by atoms with van der Waals surface area (Å²) in [5.74, 6) is 1.45. The molecule has 2 N–H and O–H groups in total. The largest absolute Gasteiger partial charge is 0.504 e. The number of aromatic hydroxyl groups is 2. The van der Waals surface area contributed by atoms with E-state index in [0.29, 0.717) is 18.0 Å². The van der Waals surface area contributed by atoms with Crippen LogP contribution in [-0.2, 0) is 25.9 Å². The van der Waals surface area contributed by atoms with Crippen LogP contribution in [0.4, 0.5) is 0 Å². The van der Waals surface area contributed by atoms with Gasteiger partial charge in [-0.05, 0) is 29.3 Å². The van der Waals surface area contributed by atoms with Crippen LogP contribution in [0.15, 0.2) is 24.3 Å². The zero-order valence-electron chi connectivity index (χ0n) is 13.8. The first kappa shape index (κ1) is 14.9. The van der Waals surface area contributed by atoms with E-state index in [1.165, 1.54) is 11.3 Å². The Kier molecular flexibility index (Phi) is 3.37. The Morgan fingerprint density at radius 2 is 1.67 bits per heavy atom. The molecule has 0 atom stereocenters. The van der Waals surface area contributed by atoms with E-state index in [-0.39, 0.29) is 11.5 Å². The Bertz CT molecular complexity index is 870. The standard InChI is InChI=1S/C19H19NO4/c1-23-18-8-13-9-20-10-15-11(3-4-16(21)19(15)24-2)5-14(20)6-12(13)7-17(18)22/h3-4,7-8H,5-6,9-10H2,1-2H3,(H-,21,22)/p+1. The van der Waals surface area contributed by atoms with Gasteiger partial charge < -0.3 is 19.7 Å². The molecule has 2 aromatic carbocycles. The average molecular weight is 326 g/mol. The van der Waals surface area contributed by atoms with Crippen LogP contribution in [0.3, 0.4) is 0 Å². The third kappa shape index (κ3) is 2.19. The summed E-state index contributed by atoms with van der Waals surface area (Å²) in [6.07, 6.45) is 1.65. The van der Waals surface area contributed by atoms with Crippen molar-refractivity contribution in [3.8, 4) is 23.0 Å². The van der Waals surface area contributed by atoms with Gasteiger partial charge in [0.1, 0.15) is 0 Å². The summed E-state index contributed by atoms with van der Waals surface area (Å²) in [5.41, 5.74) is 5.88. The summed E-state index contributed by atoms with van der Waals surface area (Å²) in [4.78, 5) is 0. The van der Waals surface area contributed by atoms with Gasteiger partial charge in [0, 0.05) is 5.56 Å². The molecule has 124 valence electrons. The first-order valence-corrected chi connectivity index (χ1v) is 7.96. The quantitative estimate of drug-likeness (QED) is 0.832. The molecule has 2 heterocycles. The second kappa shape index (κ2) is 5.44. The predicted octanol–water partition coefficient (Wildman–Crippen LogP) is 2.38. The Morgan fingerprint density at radius 3 is 2.42 bits per heavy atom. The molecule has 0 spiro atoms. The van der Waals surface area contributed by atoms with Crippen LogP contribution in [0.5, 0.6) is 23.0 Å². The number of hydrogen-bond acceptors (Lipinski definition) is 4. The van der Waals surface area contributed by atoms with Crippen LogP contribution in [-0.4, -0.2) is 34.7 Å². The van der Waals surface area contributed by atoms with E-state index < -0.39 is 0 Å². The van der Waals surface area contributed by atoms with E-state index in [0.717, 1.165) is 36.1 Å². The van der Waals surface area contributed by atoms with Gasteiger partial charge in [-0.1, -0.05) is 6.07 Å². The molecule has 5 nitrogen and oxygen atoms in total. The van der Waals surface area contributed by atoms with E-state index in [9.17, 15) is 10.2 Å². The van der Waals surface area contributed by atoms with Crippen LogP contribution < -0.4 is 9.47 Å². The smallest absolute Gasteiger partial charge is 0.172 e. The fraction of sp³-hybridized carbons (Fsp3) is 0.316. The highest BCUT2D eigenvalue weighted by molar-refractivity contribution is 5.87. The van der Waals surface area contributed by atoms with Gasteiger partial charge in [0.25, 0.3) is 0 Å². The molecular formula is C19H20NO4+. The lowest BCUT2D eigenvalue weighted by Gasteiger charge is -2.25. The van der Waals surface area contributed by atoms with Gasteiger partial charge in [0.2, 0.25) is 0 Å². The molecule has 4 rings (SSSR count). The monoisotopic (exact) mass is 326 g/mol. The Labute approximate surface area is 140 Å². The molecule has 0 unspecified atom stereocenters. The lowest BCUT2D eigenvalue weighted by molar-refractivity contribution is -0.565. The van der Waals surface area contributed by atoms with Crippen LogP contribution in [0.2, 0.25) is 0 Å². The SMILES string of the molecule is COc1cc2c(cc1O)CC1=[N+](C2)Cc2c(ccc(O)c2OC)C1. The summed E-state index contributed by atoms with van der Waals surface area (Å²) in [6, 6.07) is 7.39. The summed E-state index contributed by atoms with van der Waals surface area (Å²) in [5, 5.41) is 20.1. The Hall–Kier alpha value is -2.69. The third-order valence-corrected chi connectivity index (χ3v) is 4.99. The molecule has 0 saturated carbocycles. The lowest BCUT2D eigenvalue weighted by atomic mass is 9.89. The molecule has 0 fully saturated rings. The van der Waals surface area contributed by atoms with E-state index >= 15 is 0 Å². The number of methoxy groups -OCH3 is 2. The van der Waals surface area contributed by atoms with Crippen molar-refractivity contribution in [2.45, 2.75) is 25.9 Å². The number of nitrogens with zero attached hydrogens (tertiary/aromatic N) is 1. The zero-order valence-corrected chi connectivity index (χ0v) is 13.8. The predicted molar refractivity (Wildman–Crippen MR) is 89.4 cm³/mol. The Morgan fingerprint density at radius 1 is 0.875 bits per heavy atom. The molecule has 2 aliphatic heterocycles. The van der Waals surface area contributed by atoms with Gasteiger partial charge in [0.15, 0.2) is 41.8 Å². The van der Waals surface area contributed by atoms with Gasteiger partial charge in [-0.15, -0.1) is 0 Å². The van der Waals surface area contributed by atoms with Crippen LogP contribution in [0.1, 0.15) is 22.3 Å². The second-order valence-corrected chi connectivity index (χ2v) is 6.32. The van der Waals surface area contributed by atoms with Crippen molar-refractivity contribution >= 4 is 5.71 Å². The van der Waals surface area contributed by atoms with Gasteiger partial charge in [-0.3, -0.25) is 0 Å². The van der Waals surface area contributed by atoms with Crippen LogP contribution in [0, 0.1) is 0 Å². The van der Waals surface area contributed by atoms with Crippen molar-refractivity contribution < 1.29 is 24.3 Å². The van der Waals surface area contributed by atoms with Crippen LogP contribution >= 0.6 is 0 Å². The highest BCUT2D eigenvalue weighted by atomic mass is 16.5. The van der Waals surface area contributed by atoms with Crippen molar-refractivity contribution in [1.82, 2.24) is 0 Å². The minimum atomic E-state index is 0.184. The molecule has 0 aromatic heterocycles. The van der Waals surface area contributed by atoms with Crippen molar-refractivity contribution in [3.63, 3.8) is 0 Å². The van der Waals surface area contributed by atoms with Gasteiger partial charge in [-0.25, -0.2) is 4.58 Å². The summed E-state index contributed by atoms with van der Waals surface area (Å²) < 4.78 is 13.0. The van der Waals surface area contributed by atoms with E-state index in [1.54, 1.807) is 20.3 Å². The van der Waals surface area contributed by atoms with Crippen molar-refractivity contribution in [2.75, 3.05) is 14.2 Å². The molecule has 0 aliphatic carbocycles. The molecule has 0 amide bonds. The maximum absolute atomic E-state index is 10.0. The first-order valence-electron chi connectivity index (χ1n) is 7.96. The normalized spacial score (nSPS) is 15.4. The number of fused-ring (bicyclic) bond motifs is 2. The molecule has 2 aliphatic rings. The second-order valence-electron chi connectivity index (χ2n) is 6.32. The maximum Gasteiger partial charge on any atom is 0.172 e. The fourth-order valence-electron chi connectivity index (χ4n) is 3.75. The molecule has 5 heteroatoms. The van der Waals surface area contributed by atoms with Crippen molar-refractivity contribution in [1.29, 1.82) is 0 Å². The maximum atomic E-state index is 10.0. The fourth-order valence-corrected chi connectivity index (χ4v) is 3.75. The number of phenolic OH excluding ortho intramolecular Hbond substituents is 2. The molecule has 0 saturated heterocycles. The third-order valence-electron chi connectivity index (χ3n) is 4.99. The molecule has 2 aromatic rings. The number of phenols is 2. The van der Waals surface area contributed by atoms with Gasteiger partial charge >= 0.3 is 0 Å². The number of hydrogen-bond donors (Lipinski definition) is 2. The minimum absolute atomic E-state index is 0.184. The van der Waals surface area contributed by atoms with Crippen LogP contribution in [0.25, 0.3) is 0 Å². The Balaban J connectivity index is 1.73. The van der Waals surface area contributed by atoms with Crippen molar-refractivity contribution in [3.05, 3.63) is 46.5 Å². The molecule has 0 bridgehead atoms. The summed E-state index contributed by atoms with van der Waals surface area (Å²) in [7, 11) is 3.15. The van der Waals surface area contributed by atoms with E-state index in [4.69, 9.17) is 9.47 Å². The summed E-state index contributed by atoms with van der Waals surface area (Å²) >= 11 is 0. The van der Waals surface area contributed by atoms with Crippen molar-refractivity contribution in [2.24, 2.45) is 0 Å². The molecule has 24 heavy (non-hydrogen) atoms. The van der Waals surface area contributed by atoms with Gasteiger partial charge in [-0.2, -0.15) is 0 Å². The van der Waals surface area contributed by atoms with E-state index in [2.05, 4.69) is 4.58 Å². The number of ether oxygens (including phenoxy) is 2. The molecule has 0 radical (unpaired) electrons. The topological polar surface area (TPSA) is 61.9 Å². The van der Waals surface area contributed by atoms with Gasteiger partial charge in [0.05, 0.1) is 32.6 Å². The highest BCUT2D eigenvalue weighted by Crippen LogP contribution is 2.38. The zero-order chi connectivity index (χ0) is 16.8. The minimum Gasteiger partial charge on any atom is -0.504 e. The van der Waals surface area contributed by atoms with E-state index in [1.807, 2.05) is 18.2 Å². The first-order chi connectivity index (χ1) is 11.6. The highest BCUT2D eigenvalue weighted by Gasteiger charge is 2.32. The summed E-state index contributed by atoms with van der Waals surface area (Å²) in [6.45, 7) is 1.48. The number of benzene rings is 2. The lowest BCUT2D eigenvalue weighted by Crippen LogP contribution is -2.33. The molecular weight excluding hydrogens is 306 g/mol. The number of rotatable bonds is 2. The average Bonchev–Trinajstić information content (AvgIpc) is 2.58.